The fraction of sp³-hybridized carbons (Fsp3) is 0.316. The maximum absolute atomic E-state index is 12.4. The lowest BCUT2D eigenvalue weighted by atomic mass is 10.1. The van der Waals surface area contributed by atoms with Crippen LogP contribution in [0.1, 0.15) is 37.4 Å². The predicted molar refractivity (Wildman–Crippen MR) is 104 cm³/mol. The monoisotopic (exact) mass is 370 g/mol. The quantitative estimate of drug-likeness (QED) is 0.465. The number of carbonyl (C=O) groups excluding carboxylic acids is 2. The molecule has 26 heavy (non-hydrogen) atoms. The number of fused-ring (bicyclic) bond motifs is 1. The minimum absolute atomic E-state index is 0.233. The van der Waals surface area contributed by atoms with Gasteiger partial charge < -0.3 is 10.6 Å². The van der Waals surface area contributed by atoms with Crippen LogP contribution in [-0.2, 0) is 6.54 Å². The third-order valence-electron chi connectivity index (χ3n) is 4.04. The summed E-state index contributed by atoms with van der Waals surface area (Å²) in [5.74, 6) is 0.210. The fourth-order valence-electron chi connectivity index (χ4n) is 2.80. The molecule has 1 aromatic carbocycles. The molecule has 1 aliphatic heterocycles. The van der Waals surface area contributed by atoms with Gasteiger partial charge in [-0.2, -0.15) is 0 Å². The second kappa shape index (κ2) is 8.14. The van der Waals surface area contributed by atoms with Crippen LogP contribution in [-0.4, -0.2) is 42.3 Å². The summed E-state index contributed by atoms with van der Waals surface area (Å²) in [5.41, 5.74) is 0.956. The summed E-state index contributed by atoms with van der Waals surface area (Å²) in [6.45, 7) is 6.15. The Balaban J connectivity index is 1.57. The average molecular weight is 370 g/mol. The molecule has 0 spiro atoms. The van der Waals surface area contributed by atoms with Gasteiger partial charge >= 0.3 is 0 Å². The second-order valence-corrected chi connectivity index (χ2v) is 7.31. The third-order valence-corrected chi connectivity index (χ3v) is 5.02. The topological polar surface area (TPSA) is 73.8 Å². The van der Waals surface area contributed by atoms with Crippen LogP contribution in [0.3, 0.4) is 0 Å². The van der Waals surface area contributed by atoms with Crippen LogP contribution in [0.5, 0.6) is 0 Å². The lowest BCUT2D eigenvalue weighted by Gasteiger charge is -2.16. The highest BCUT2D eigenvalue weighted by Crippen LogP contribution is 2.21. The van der Waals surface area contributed by atoms with E-state index in [0.29, 0.717) is 36.7 Å². The van der Waals surface area contributed by atoms with Gasteiger partial charge in [-0.25, -0.2) is 4.99 Å². The van der Waals surface area contributed by atoms with E-state index < -0.39 is 0 Å². The minimum atomic E-state index is -0.233. The van der Waals surface area contributed by atoms with Crippen LogP contribution in [0, 0.1) is 6.92 Å². The number of benzene rings is 1. The van der Waals surface area contributed by atoms with Crippen LogP contribution in [0.15, 0.2) is 41.4 Å². The summed E-state index contributed by atoms with van der Waals surface area (Å²) in [4.78, 5) is 33.0. The molecule has 0 radical (unpaired) electrons. The highest BCUT2D eigenvalue weighted by Gasteiger charge is 2.34. The number of aliphatic imine (C=N–C) groups is 1. The Bertz CT molecular complexity index is 809. The maximum Gasteiger partial charge on any atom is 0.261 e. The number of rotatable bonds is 6. The fourth-order valence-corrected chi connectivity index (χ4v) is 3.61. The molecular formula is C19H22N4O2S. The molecule has 2 heterocycles. The van der Waals surface area contributed by atoms with Crippen LogP contribution in [0.25, 0.3) is 0 Å². The van der Waals surface area contributed by atoms with E-state index in [0.717, 1.165) is 6.54 Å². The number of hydrogen-bond acceptors (Lipinski definition) is 4. The number of amides is 2. The zero-order chi connectivity index (χ0) is 18.5. The van der Waals surface area contributed by atoms with E-state index in [4.69, 9.17) is 0 Å². The molecule has 136 valence electrons. The van der Waals surface area contributed by atoms with Gasteiger partial charge in [0.15, 0.2) is 5.96 Å². The molecule has 2 amide bonds. The van der Waals surface area contributed by atoms with Crippen molar-refractivity contribution in [3.63, 3.8) is 0 Å². The van der Waals surface area contributed by atoms with Gasteiger partial charge in [0.05, 0.1) is 17.7 Å². The van der Waals surface area contributed by atoms with E-state index in [-0.39, 0.29) is 11.8 Å². The highest BCUT2D eigenvalue weighted by atomic mass is 32.1. The van der Waals surface area contributed by atoms with Crippen LogP contribution in [0.2, 0.25) is 0 Å². The Kier molecular flexibility index (Phi) is 5.68. The molecule has 3 rings (SSSR count). The van der Waals surface area contributed by atoms with Crippen molar-refractivity contribution in [3.05, 3.63) is 57.3 Å². The lowest BCUT2D eigenvalue weighted by molar-refractivity contribution is 0.0657. The first-order valence-corrected chi connectivity index (χ1v) is 9.44. The molecule has 7 heteroatoms. The number of thiophene rings is 1. The van der Waals surface area contributed by atoms with Gasteiger partial charge in [-0.15, -0.1) is 11.3 Å². The summed E-state index contributed by atoms with van der Waals surface area (Å²) < 4.78 is 0. The summed E-state index contributed by atoms with van der Waals surface area (Å²) in [6, 6.07) is 11.1. The first kappa shape index (κ1) is 18.1. The van der Waals surface area contributed by atoms with E-state index in [1.165, 1.54) is 14.7 Å². The largest absolute Gasteiger partial charge is 0.357 e. The van der Waals surface area contributed by atoms with E-state index in [1.54, 1.807) is 35.6 Å². The molecule has 0 bridgehead atoms. The molecule has 0 unspecified atom stereocenters. The molecular weight excluding hydrogens is 348 g/mol. The first-order valence-electron chi connectivity index (χ1n) is 8.63. The van der Waals surface area contributed by atoms with E-state index >= 15 is 0 Å². The number of carbonyl (C=O) groups is 2. The Morgan fingerprint density at radius 2 is 1.77 bits per heavy atom. The summed E-state index contributed by atoms with van der Waals surface area (Å²) in [5, 5.41) is 6.37. The zero-order valence-electron chi connectivity index (χ0n) is 14.9. The van der Waals surface area contributed by atoms with Crippen LogP contribution < -0.4 is 10.6 Å². The van der Waals surface area contributed by atoms with E-state index in [2.05, 4.69) is 34.7 Å². The Morgan fingerprint density at radius 1 is 1.08 bits per heavy atom. The second-order valence-electron chi connectivity index (χ2n) is 5.94. The van der Waals surface area contributed by atoms with Crippen molar-refractivity contribution in [2.75, 3.05) is 19.6 Å². The number of nitrogens with one attached hydrogen (secondary N) is 2. The molecule has 1 aromatic heterocycles. The molecule has 0 fully saturated rings. The zero-order valence-corrected chi connectivity index (χ0v) is 15.7. The number of hydrogen-bond donors (Lipinski definition) is 2. The molecule has 6 nitrogen and oxygen atoms in total. The van der Waals surface area contributed by atoms with Crippen molar-refractivity contribution < 1.29 is 9.59 Å². The molecule has 2 aromatic rings. The maximum atomic E-state index is 12.4. The number of imide groups is 1. The van der Waals surface area contributed by atoms with Gasteiger partial charge in [0, 0.05) is 29.4 Å². The molecule has 0 aliphatic carbocycles. The highest BCUT2D eigenvalue weighted by molar-refractivity contribution is 7.11. The summed E-state index contributed by atoms with van der Waals surface area (Å²) in [7, 11) is 0. The normalized spacial score (nSPS) is 13.9. The molecule has 0 saturated carbocycles. The summed E-state index contributed by atoms with van der Waals surface area (Å²) in [6.07, 6.45) is 0. The third kappa shape index (κ3) is 3.94. The van der Waals surface area contributed by atoms with Crippen molar-refractivity contribution >= 4 is 29.1 Å². The Labute approximate surface area is 156 Å². The van der Waals surface area contributed by atoms with Crippen molar-refractivity contribution in [1.82, 2.24) is 15.5 Å². The molecule has 1 aliphatic rings. The van der Waals surface area contributed by atoms with Crippen molar-refractivity contribution in [2.24, 2.45) is 4.99 Å². The van der Waals surface area contributed by atoms with Crippen molar-refractivity contribution in [3.8, 4) is 0 Å². The lowest BCUT2D eigenvalue weighted by Crippen LogP contribution is -2.43. The molecule has 2 N–H and O–H groups in total. The Hall–Kier alpha value is -2.67. The van der Waals surface area contributed by atoms with Gasteiger partial charge in [0.1, 0.15) is 0 Å². The average Bonchev–Trinajstić information content (AvgIpc) is 3.16. The SMILES string of the molecule is CCNC(=NCc1ccc(C)s1)NCCN1C(=O)c2ccccc2C1=O. The minimum Gasteiger partial charge on any atom is -0.357 e. The van der Waals surface area contributed by atoms with E-state index in [9.17, 15) is 9.59 Å². The van der Waals surface area contributed by atoms with Crippen LogP contribution in [0.4, 0.5) is 0 Å². The molecule has 0 saturated heterocycles. The smallest absolute Gasteiger partial charge is 0.261 e. The van der Waals surface area contributed by atoms with Gasteiger partial charge in [-0.3, -0.25) is 14.5 Å². The first-order chi connectivity index (χ1) is 12.6. The standard InChI is InChI=1S/C19H22N4O2S/c1-3-20-19(22-12-14-9-8-13(2)26-14)21-10-11-23-17(24)15-6-4-5-7-16(15)18(23)25/h4-9H,3,10-12H2,1-2H3,(H2,20,21,22). The van der Waals surface area contributed by atoms with Crippen LogP contribution >= 0.6 is 11.3 Å². The molecule has 0 atom stereocenters. The van der Waals surface area contributed by atoms with Crippen molar-refractivity contribution in [2.45, 2.75) is 20.4 Å². The van der Waals surface area contributed by atoms with E-state index in [1.807, 2.05) is 6.92 Å². The number of aryl methyl sites for hydroxylation is 1. The summed E-state index contributed by atoms with van der Waals surface area (Å²) >= 11 is 1.73. The van der Waals surface area contributed by atoms with Gasteiger partial charge in [-0.1, -0.05) is 12.1 Å². The Morgan fingerprint density at radius 3 is 2.35 bits per heavy atom. The van der Waals surface area contributed by atoms with Gasteiger partial charge in [0.2, 0.25) is 0 Å². The predicted octanol–water partition coefficient (Wildman–Crippen LogP) is 2.41. The number of nitrogens with zero attached hydrogens (tertiary/aromatic N) is 2. The number of guanidine groups is 1. The van der Waals surface area contributed by atoms with Gasteiger partial charge in [0.25, 0.3) is 11.8 Å². The van der Waals surface area contributed by atoms with Crippen molar-refractivity contribution in [1.29, 1.82) is 0 Å². The van der Waals surface area contributed by atoms with Gasteiger partial charge in [-0.05, 0) is 38.1 Å².